The van der Waals surface area contributed by atoms with Gasteiger partial charge in [0.1, 0.15) is 6.61 Å². The molecular formula is C13H21F4NO2S. The van der Waals surface area contributed by atoms with E-state index in [0.29, 0.717) is 6.54 Å². The largest absolute Gasteiger partial charge is 0.381 e. The van der Waals surface area contributed by atoms with Gasteiger partial charge in [-0.25, -0.2) is 8.78 Å². The molecule has 2 heterocycles. The molecule has 21 heavy (non-hydrogen) atoms. The normalized spacial score (nSPS) is 23.9. The molecule has 0 N–H and O–H groups in total. The first-order valence-electron chi connectivity index (χ1n) is 7.11. The molecule has 3 nitrogen and oxygen atoms in total. The number of hydrogen-bond acceptors (Lipinski definition) is 4. The molecule has 2 rings (SSSR count). The zero-order valence-corrected chi connectivity index (χ0v) is 12.6. The van der Waals surface area contributed by atoms with Crippen LogP contribution in [-0.2, 0) is 9.47 Å². The van der Waals surface area contributed by atoms with Crippen molar-refractivity contribution in [2.45, 2.75) is 29.9 Å². The van der Waals surface area contributed by atoms with Gasteiger partial charge >= 0.3 is 12.3 Å². The van der Waals surface area contributed by atoms with E-state index in [0.717, 1.165) is 44.9 Å². The second kappa shape index (κ2) is 7.48. The van der Waals surface area contributed by atoms with E-state index in [1.54, 1.807) is 0 Å². The van der Waals surface area contributed by atoms with Gasteiger partial charge < -0.3 is 9.47 Å². The Morgan fingerprint density at radius 2 is 2.00 bits per heavy atom. The van der Waals surface area contributed by atoms with Gasteiger partial charge in [0.2, 0.25) is 0 Å². The van der Waals surface area contributed by atoms with Crippen LogP contribution in [0.3, 0.4) is 0 Å². The molecule has 0 amide bonds. The van der Waals surface area contributed by atoms with Gasteiger partial charge in [-0.05, 0) is 12.8 Å². The Balaban J connectivity index is 1.69. The standard InChI is InChI=1S/C13H21F4NO2S/c14-11(15)13(16,17)10-20-7-3-18-4-8-21-12(9-18)1-5-19-6-2-12/h11H,1-10H2. The summed E-state index contributed by atoms with van der Waals surface area (Å²) in [7, 11) is 0. The van der Waals surface area contributed by atoms with Crippen LogP contribution >= 0.6 is 11.8 Å². The fourth-order valence-electron chi connectivity index (χ4n) is 2.63. The highest BCUT2D eigenvalue weighted by Crippen LogP contribution is 2.38. The first kappa shape index (κ1) is 17.3. The van der Waals surface area contributed by atoms with Gasteiger partial charge in [-0.15, -0.1) is 0 Å². The second-order valence-electron chi connectivity index (χ2n) is 5.53. The number of hydrogen-bond donors (Lipinski definition) is 0. The van der Waals surface area contributed by atoms with Gasteiger partial charge in [-0.2, -0.15) is 20.5 Å². The Hall–Kier alpha value is -0.0500. The fourth-order valence-corrected chi connectivity index (χ4v) is 4.14. The van der Waals surface area contributed by atoms with Crippen LogP contribution in [0.2, 0.25) is 0 Å². The van der Waals surface area contributed by atoms with Crippen LogP contribution in [0.15, 0.2) is 0 Å². The number of thioether (sulfide) groups is 1. The molecule has 0 saturated carbocycles. The van der Waals surface area contributed by atoms with Gasteiger partial charge in [0, 0.05) is 43.3 Å². The van der Waals surface area contributed by atoms with Crippen LogP contribution in [0.1, 0.15) is 12.8 Å². The summed E-state index contributed by atoms with van der Waals surface area (Å²) in [6, 6.07) is 0. The summed E-state index contributed by atoms with van der Waals surface area (Å²) in [4.78, 5) is 2.17. The number of ether oxygens (including phenoxy) is 2. The van der Waals surface area contributed by atoms with Crippen LogP contribution in [0.4, 0.5) is 17.6 Å². The summed E-state index contributed by atoms with van der Waals surface area (Å²) in [6.45, 7) is 2.63. The molecule has 124 valence electrons. The van der Waals surface area contributed by atoms with Gasteiger partial charge in [-0.3, -0.25) is 4.90 Å². The summed E-state index contributed by atoms with van der Waals surface area (Å²) < 4.78 is 59.7. The lowest BCUT2D eigenvalue weighted by Gasteiger charge is -2.44. The molecular weight excluding hydrogens is 310 g/mol. The van der Waals surface area contributed by atoms with Crippen molar-refractivity contribution in [1.29, 1.82) is 0 Å². The lowest BCUT2D eigenvalue weighted by atomic mass is 9.98. The molecule has 0 aromatic carbocycles. The van der Waals surface area contributed by atoms with E-state index < -0.39 is 19.0 Å². The van der Waals surface area contributed by atoms with Gasteiger partial charge in [0.25, 0.3) is 0 Å². The highest BCUT2D eigenvalue weighted by molar-refractivity contribution is 8.00. The zero-order chi connectivity index (χ0) is 15.3. The van der Waals surface area contributed by atoms with Crippen LogP contribution in [0.5, 0.6) is 0 Å². The quantitative estimate of drug-likeness (QED) is 0.551. The Kier molecular flexibility index (Phi) is 6.16. The maximum atomic E-state index is 12.7. The molecule has 2 saturated heterocycles. The molecule has 0 unspecified atom stereocenters. The Bertz CT molecular complexity index is 322. The van der Waals surface area contributed by atoms with Crippen LogP contribution < -0.4 is 0 Å². The van der Waals surface area contributed by atoms with Crippen molar-refractivity contribution >= 4 is 11.8 Å². The number of nitrogens with zero attached hydrogens (tertiary/aromatic N) is 1. The maximum Gasteiger partial charge on any atom is 0.330 e. The average Bonchev–Trinajstić information content (AvgIpc) is 2.44. The van der Waals surface area contributed by atoms with Crippen LogP contribution in [-0.4, -0.2) is 73.8 Å². The highest BCUT2D eigenvalue weighted by atomic mass is 32.2. The lowest BCUT2D eigenvalue weighted by molar-refractivity contribution is -0.166. The van der Waals surface area contributed by atoms with Crippen LogP contribution in [0, 0.1) is 0 Å². The Morgan fingerprint density at radius 1 is 1.29 bits per heavy atom. The lowest BCUT2D eigenvalue weighted by Crippen LogP contribution is -2.50. The molecule has 2 aliphatic rings. The third-order valence-electron chi connectivity index (χ3n) is 3.90. The van der Waals surface area contributed by atoms with Gasteiger partial charge in [-0.1, -0.05) is 0 Å². The van der Waals surface area contributed by atoms with E-state index in [2.05, 4.69) is 4.90 Å². The molecule has 2 fully saturated rings. The summed E-state index contributed by atoms with van der Waals surface area (Å²) in [5, 5.41) is 0. The SMILES string of the molecule is FC(F)C(F)(F)COCCN1CCSC2(CCOCC2)C1. The summed E-state index contributed by atoms with van der Waals surface area (Å²) in [6.07, 6.45) is -1.67. The van der Waals surface area contributed by atoms with E-state index in [1.807, 2.05) is 11.8 Å². The smallest absolute Gasteiger partial charge is 0.330 e. The number of alkyl halides is 4. The molecule has 0 aliphatic carbocycles. The summed E-state index contributed by atoms with van der Waals surface area (Å²) >= 11 is 1.96. The molecule has 1 spiro atoms. The number of halogens is 4. The molecule has 0 aromatic heterocycles. The van der Waals surface area contributed by atoms with Crippen molar-refractivity contribution in [2.75, 3.05) is 51.8 Å². The predicted molar refractivity (Wildman–Crippen MR) is 73.5 cm³/mol. The molecule has 0 radical (unpaired) electrons. The third-order valence-corrected chi connectivity index (χ3v) is 5.43. The number of rotatable bonds is 6. The van der Waals surface area contributed by atoms with Gasteiger partial charge in [0.15, 0.2) is 0 Å². The van der Waals surface area contributed by atoms with Crippen LogP contribution in [0.25, 0.3) is 0 Å². The molecule has 0 bridgehead atoms. The van der Waals surface area contributed by atoms with E-state index in [1.165, 1.54) is 0 Å². The van der Waals surface area contributed by atoms with Crippen molar-refractivity contribution in [3.8, 4) is 0 Å². The van der Waals surface area contributed by atoms with Crippen molar-refractivity contribution in [3.63, 3.8) is 0 Å². The first-order chi connectivity index (χ1) is 9.94. The minimum atomic E-state index is -4.06. The first-order valence-corrected chi connectivity index (χ1v) is 8.10. The molecule has 0 aromatic rings. The predicted octanol–water partition coefficient (Wildman–Crippen LogP) is 2.50. The van der Waals surface area contributed by atoms with E-state index in [4.69, 9.17) is 9.47 Å². The van der Waals surface area contributed by atoms with Crippen molar-refractivity contribution < 1.29 is 27.0 Å². The molecule has 2 aliphatic heterocycles. The average molecular weight is 331 g/mol. The van der Waals surface area contributed by atoms with Gasteiger partial charge in [0.05, 0.1) is 6.61 Å². The Morgan fingerprint density at radius 3 is 2.67 bits per heavy atom. The zero-order valence-electron chi connectivity index (χ0n) is 11.8. The Labute approximate surface area is 126 Å². The van der Waals surface area contributed by atoms with E-state index in [9.17, 15) is 17.6 Å². The highest BCUT2D eigenvalue weighted by Gasteiger charge is 2.41. The monoisotopic (exact) mass is 331 g/mol. The fraction of sp³-hybridized carbons (Fsp3) is 1.00. The van der Waals surface area contributed by atoms with Crippen molar-refractivity contribution in [2.24, 2.45) is 0 Å². The van der Waals surface area contributed by atoms with E-state index in [-0.39, 0.29) is 11.4 Å². The minimum absolute atomic E-state index is 0.0551. The molecule has 0 atom stereocenters. The minimum Gasteiger partial charge on any atom is -0.381 e. The molecule has 8 heteroatoms. The topological polar surface area (TPSA) is 21.7 Å². The summed E-state index contributed by atoms with van der Waals surface area (Å²) in [5.74, 6) is -3.06. The van der Waals surface area contributed by atoms with E-state index >= 15 is 0 Å². The summed E-state index contributed by atoms with van der Waals surface area (Å²) in [5.41, 5.74) is 0. The van der Waals surface area contributed by atoms with Crippen molar-refractivity contribution in [3.05, 3.63) is 0 Å². The maximum absolute atomic E-state index is 12.7. The second-order valence-corrected chi connectivity index (χ2v) is 7.10. The third kappa shape index (κ3) is 4.97. The van der Waals surface area contributed by atoms with Crippen molar-refractivity contribution in [1.82, 2.24) is 4.90 Å².